The smallest absolute Gasteiger partial charge is 0.315 e. The van der Waals surface area contributed by atoms with Gasteiger partial charge in [-0.05, 0) is 20.8 Å². The van der Waals surface area contributed by atoms with Gasteiger partial charge in [0.2, 0.25) is 0 Å². The first kappa shape index (κ1) is 14.4. The number of carboxylic acid groups (broad SMARTS) is 1. The number of aliphatic carboxylic acids is 1. The second-order valence-corrected chi connectivity index (χ2v) is 5.30. The maximum Gasteiger partial charge on any atom is 0.315 e. The number of carbonyl (C=O) groups excluding carboxylic acids is 1. The van der Waals surface area contributed by atoms with Gasteiger partial charge in [0.1, 0.15) is 5.01 Å². The number of thiazole rings is 1. The van der Waals surface area contributed by atoms with E-state index in [1.807, 2.05) is 26.2 Å². The van der Waals surface area contributed by atoms with Crippen LogP contribution in [0.1, 0.15) is 31.0 Å². The topological polar surface area (TPSA) is 91.3 Å². The Morgan fingerprint density at radius 1 is 1.50 bits per heavy atom. The fourth-order valence-electron chi connectivity index (χ4n) is 1.31. The number of hydrogen-bond acceptors (Lipinski definition) is 4. The zero-order valence-corrected chi connectivity index (χ0v) is 11.4. The van der Waals surface area contributed by atoms with Crippen LogP contribution < -0.4 is 10.6 Å². The van der Waals surface area contributed by atoms with E-state index < -0.39 is 17.5 Å². The monoisotopic (exact) mass is 271 g/mol. The minimum atomic E-state index is -0.940. The second kappa shape index (κ2) is 5.81. The third-order valence-corrected chi connectivity index (χ3v) is 3.49. The van der Waals surface area contributed by atoms with Gasteiger partial charge in [-0.3, -0.25) is 4.79 Å². The molecule has 0 aliphatic carbocycles. The Kier molecular flexibility index (Phi) is 4.66. The van der Waals surface area contributed by atoms with Gasteiger partial charge in [-0.25, -0.2) is 9.78 Å². The molecule has 100 valence electrons. The van der Waals surface area contributed by atoms with Gasteiger partial charge in [-0.2, -0.15) is 0 Å². The summed E-state index contributed by atoms with van der Waals surface area (Å²) in [6, 6.07) is -0.394. The van der Waals surface area contributed by atoms with E-state index in [0.717, 1.165) is 10.7 Å². The quantitative estimate of drug-likeness (QED) is 0.756. The molecule has 0 unspecified atom stereocenters. The molecule has 0 radical (unpaired) electrons. The van der Waals surface area contributed by atoms with Crippen LogP contribution in [0.15, 0.2) is 5.38 Å². The number of rotatable bonds is 5. The molecule has 0 aliphatic heterocycles. The van der Waals surface area contributed by atoms with E-state index in [2.05, 4.69) is 15.6 Å². The van der Waals surface area contributed by atoms with E-state index in [1.54, 1.807) is 0 Å². The summed E-state index contributed by atoms with van der Waals surface area (Å²) in [5.41, 5.74) is 0.336. The molecule has 0 atom stereocenters. The van der Waals surface area contributed by atoms with Crippen LogP contribution in [-0.4, -0.2) is 28.6 Å². The molecule has 0 bridgehead atoms. The maximum absolute atomic E-state index is 11.6. The Balaban J connectivity index is 2.50. The highest BCUT2D eigenvalue weighted by Crippen LogP contribution is 2.23. The number of aromatic nitrogens is 1. The molecule has 6 nitrogen and oxygen atoms in total. The van der Waals surface area contributed by atoms with Crippen molar-refractivity contribution < 1.29 is 14.7 Å². The molecule has 1 rings (SSSR count). The van der Waals surface area contributed by atoms with Crippen LogP contribution in [0.2, 0.25) is 0 Å². The zero-order valence-electron chi connectivity index (χ0n) is 10.6. The lowest BCUT2D eigenvalue weighted by Crippen LogP contribution is -2.46. The van der Waals surface area contributed by atoms with Gasteiger partial charge in [0, 0.05) is 17.6 Å². The number of carbonyl (C=O) groups is 2. The van der Waals surface area contributed by atoms with E-state index in [4.69, 9.17) is 5.11 Å². The minimum Gasteiger partial charge on any atom is -0.481 e. The van der Waals surface area contributed by atoms with Crippen molar-refractivity contribution in [1.29, 1.82) is 0 Å². The van der Waals surface area contributed by atoms with Crippen LogP contribution in [-0.2, 0) is 10.3 Å². The highest BCUT2D eigenvalue weighted by atomic mass is 32.1. The molecule has 0 aromatic carbocycles. The molecule has 0 aliphatic rings. The fourth-order valence-corrected chi connectivity index (χ4v) is 2.18. The van der Waals surface area contributed by atoms with E-state index in [0.29, 0.717) is 0 Å². The SMILES string of the molecule is Cc1csc(C(C)(C)NC(=O)NCCC(=O)O)n1. The van der Waals surface area contributed by atoms with Gasteiger partial charge in [0.15, 0.2) is 0 Å². The molecule has 1 aromatic rings. The summed E-state index contributed by atoms with van der Waals surface area (Å²) in [4.78, 5) is 26.2. The van der Waals surface area contributed by atoms with Crippen molar-refractivity contribution in [3.05, 3.63) is 16.1 Å². The van der Waals surface area contributed by atoms with E-state index >= 15 is 0 Å². The molecule has 1 aromatic heterocycles. The first-order chi connectivity index (χ1) is 8.31. The van der Waals surface area contributed by atoms with Crippen molar-refractivity contribution in [3.8, 4) is 0 Å². The van der Waals surface area contributed by atoms with Crippen LogP contribution >= 0.6 is 11.3 Å². The number of hydrogen-bond donors (Lipinski definition) is 3. The Morgan fingerprint density at radius 3 is 2.67 bits per heavy atom. The van der Waals surface area contributed by atoms with E-state index in [1.165, 1.54) is 11.3 Å². The lowest BCUT2D eigenvalue weighted by atomic mass is 10.1. The number of urea groups is 1. The third kappa shape index (κ3) is 4.33. The van der Waals surface area contributed by atoms with Crippen LogP contribution in [0.5, 0.6) is 0 Å². The van der Waals surface area contributed by atoms with Crippen LogP contribution in [0, 0.1) is 6.92 Å². The predicted molar refractivity (Wildman–Crippen MR) is 68.7 cm³/mol. The van der Waals surface area contributed by atoms with Crippen molar-refractivity contribution in [3.63, 3.8) is 0 Å². The minimum absolute atomic E-state index is 0.0930. The molecule has 0 fully saturated rings. The Labute approximate surface area is 109 Å². The molecule has 7 heteroatoms. The Morgan fingerprint density at radius 2 is 2.17 bits per heavy atom. The summed E-state index contributed by atoms with van der Waals surface area (Å²) in [7, 11) is 0. The van der Waals surface area contributed by atoms with Gasteiger partial charge in [0.25, 0.3) is 0 Å². The average Bonchev–Trinajstić information content (AvgIpc) is 2.64. The molecule has 2 amide bonds. The number of nitrogens with zero attached hydrogens (tertiary/aromatic N) is 1. The van der Waals surface area contributed by atoms with Gasteiger partial charge in [0.05, 0.1) is 12.0 Å². The first-order valence-electron chi connectivity index (χ1n) is 5.51. The fraction of sp³-hybridized carbons (Fsp3) is 0.545. The Hall–Kier alpha value is -1.63. The lowest BCUT2D eigenvalue weighted by Gasteiger charge is -2.23. The van der Waals surface area contributed by atoms with Gasteiger partial charge in [-0.1, -0.05) is 0 Å². The van der Waals surface area contributed by atoms with Crippen molar-refractivity contribution in [2.24, 2.45) is 0 Å². The van der Waals surface area contributed by atoms with E-state index in [9.17, 15) is 9.59 Å². The Bertz CT molecular complexity index is 442. The molecular weight excluding hydrogens is 254 g/mol. The normalized spacial score (nSPS) is 11.1. The standard InChI is InChI=1S/C11H17N3O3S/c1-7-6-18-9(13-7)11(2,3)14-10(17)12-5-4-8(15)16/h6H,4-5H2,1-3H3,(H,15,16)(H2,12,14,17). The highest BCUT2D eigenvalue weighted by Gasteiger charge is 2.25. The zero-order chi connectivity index (χ0) is 13.8. The summed E-state index contributed by atoms with van der Waals surface area (Å²) >= 11 is 1.48. The van der Waals surface area contributed by atoms with Crippen molar-refractivity contribution >= 4 is 23.3 Å². The predicted octanol–water partition coefficient (Wildman–Crippen LogP) is 1.46. The number of aryl methyl sites for hydroxylation is 1. The van der Waals surface area contributed by atoms with Gasteiger partial charge in [-0.15, -0.1) is 11.3 Å². The molecule has 3 N–H and O–H groups in total. The number of carboxylic acids is 1. The number of nitrogens with one attached hydrogen (secondary N) is 2. The van der Waals surface area contributed by atoms with Crippen LogP contribution in [0.4, 0.5) is 4.79 Å². The summed E-state index contributed by atoms with van der Waals surface area (Å²) in [6.45, 7) is 5.70. The van der Waals surface area contributed by atoms with Crippen molar-refractivity contribution in [2.45, 2.75) is 32.7 Å². The van der Waals surface area contributed by atoms with Gasteiger partial charge < -0.3 is 15.7 Å². The van der Waals surface area contributed by atoms with E-state index in [-0.39, 0.29) is 13.0 Å². The molecule has 0 saturated heterocycles. The summed E-state index contributed by atoms with van der Waals surface area (Å²) < 4.78 is 0. The van der Waals surface area contributed by atoms with Crippen LogP contribution in [0.25, 0.3) is 0 Å². The third-order valence-electron chi connectivity index (χ3n) is 2.20. The molecule has 18 heavy (non-hydrogen) atoms. The summed E-state index contributed by atoms with van der Waals surface area (Å²) in [5.74, 6) is -0.940. The average molecular weight is 271 g/mol. The van der Waals surface area contributed by atoms with Crippen molar-refractivity contribution in [1.82, 2.24) is 15.6 Å². The summed E-state index contributed by atoms with van der Waals surface area (Å²) in [5, 5.41) is 16.4. The maximum atomic E-state index is 11.6. The number of amides is 2. The molecular formula is C11H17N3O3S. The molecule has 0 spiro atoms. The second-order valence-electron chi connectivity index (χ2n) is 4.44. The first-order valence-corrected chi connectivity index (χ1v) is 6.39. The van der Waals surface area contributed by atoms with Gasteiger partial charge >= 0.3 is 12.0 Å². The van der Waals surface area contributed by atoms with Crippen molar-refractivity contribution in [2.75, 3.05) is 6.54 Å². The molecule has 0 saturated carbocycles. The summed E-state index contributed by atoms with van der Waals surface area (Å²) in [6.07, 6.45) is -0.0930. The lowest BCUT2D eigenvalue weighted by molar-refractivity contribution is -0.136. The van der Waals surface area contributed by atoms with Crippen LogP contribution in [0.3, 0.4) is 0 Å². The molecule has 1 heterocycles. The highest BCUT2D eigenvalue weighted by molar-refractivity contribution is 7.09. The largest absolute Gasteiger partial charge is 0.481 e.